The van der Waals surface area contributed by atoms with Gasteiger partial charge in [0.25, 0.3) is 0 Å². The topological polar surface area (TPSA) is 35.5 Å². The lowest BCUT2D eigenvalue weighted by molar-refractivity contribution is -0.0372. The Morgan fingerprint density at radius 2 is 2.15 bits per heavy atom. The molecule has 3 heteroatoms. The van der Waals surface area contributed by atoms with Crippen LogP contribution in [0.1, 0.15) is 49.9 Å². The molecule has 0 saturated heterocycles. The van der Waals surface area contributed by atoms with Crippen molar-refractivity contribution in [3.63, 3.8) is 0 Å². The molecule has 0 aromatic heterocycles. The van der Waals surface area contributed by atoms with Gasteiger partial charge in [-0.1, -0.05) is 13.8 Å². The Hall–Kier alpha value is -1.51. The van der Waals surface area contributed by atoms with Crippen LogP contribution in [0.4, 0.5) is 0 Å². The summed E-state index contributed by atoms with van der Waals surface area (Å²) in [6, 6.07) is 5.49. The summed E-state index contributed by atoms with van der Waals surface area (Å²) in [4.78, 5) is 12.5. The number of ketones is 1. The Morgan fingerprint density at radius 1 is 1.35 bits per heavy atom. The van der Waals surface area contributed by atoms with Crippen LogP contribution >= 0.6 is 0 Å². The van der Waals surface area contributed by atoms with Gasteiger partial charge in [-0.05, 0) is 43.2 Å². The van der Waals surface area contributed by atoms with Crippen LogP contribution in [0.25, 0.3) is 0 Å². The lowest BCUT2D eigenvalue weighted by Crippen LogP contribution is -2.50. The minimum atomic E-state index is -0.303. The van der Waals surface area contributed by atoms with Crippen LogP contribution in [0.15, 0.2) is 18.2 Å². The third-order valence-electron chi connectivity index (χ3n) is 4.98. The molecular weight excluding hydrogens is 252 g/mol. The molecule has 3 atom stereocenters. The third kappa shape index (κ3) is 2.09. The smallest absolute Gasteiger partial charge is 0.170 e. The van der Waals surface area contributed by atoms with E-state index in [9.17, 15) is 4.79 Å². The maximum Gasteiger partial charge on any atom is 0.170 e. The first-order chi connectivity index (χ1) is 9.54. The number of ether oxygens (including phenoxy) is 2. The van der Waals surface area contributed by atoms with Gasteiger partial charge >= 0.3 is 0 Å². The van der Waals surface area contributed by atoms with E-state index in [4.69, 9.17) is 9.47 Å². The van der Waals surface area contributed by atoms with E-state index in [0.717, 1.165) is 30.9 Å². The number of hydrogen-bond acceptors (Lipinski definition) is 3. The predicted molar refractivity (Wildman–Crippen MR) is 77.5 cm³/mol. The van der Waals surface area contributed by atoms with Crippen LogP contribution < -0.4 is 9.47 Å². The van der Waals surface area contributed by atoms with Crippen LogP contribution in [0, 0.1) is 11.8 Å². The summed E-state index contributed by atoms with van der Waals surface area (Å²) in [7, 11) is 1.63. The van der Waals surface area contributed by atoms with E-state index < -0.39 is 0 Å². The fourth-order valence-corrected chi connectivity index (χ4v) is 3.65. The number of hydrogen-bond donors (Lipinski definition) is 0. The number of carbonyl (C=O) groups excluding carboxylic acids is 1. The summed E-state index contributed by atoms with van der Waals surface area (Å²) in [6.45, 7) is 4.50. The molecule has 2 aliphatic rings. The first kappa shape index (κ1) is 13.5. The predicted octanol–water partition coefficient (Wildman–Crippen LogP) is 3.86. The van der Waals surface area contributed by atoms with E-state index in [0.29, 0.717) is 23.7 Å². The number of fused-ring (bicyclic) bond motifs is 1. The van der Waals surface area contributed by atoms with Gasteiger partial charge in [0.1, 0.15) is 17.1 Å². The minimum Gasteiger partial charge on any atom is -0.497 e. The Balaban J connectivity index is 1.96. The first-order valence-electron chi connectivity index (χ1n) is 7.44. The summed E-state index contributed by atoms with van der Waals surface area (Å²) in [5.74, 6) is 2.78. The average Bonchev–Trinajstić information content (AvgIpc) is 2.43. The molecule has 20 heavy (non-hydrogen) atoms. The zero-order valence-corrected chi connectivity index (χ0v) is 12.4. The molecule has 1 fully saturated rings. The second kappa shape index (κ2) is 4.80. The fourth-order valence-electron chi connectivity index (χ4n) is 3.65. The summed E-state index contributed by atoms with van der Waals surface area (Å²) >= 11 is 0. The van der Waals surface area contributed by atoms with Crippen molar-refractivity contribution in [1.29, 1.82) is 0 Å². The van der Waals surface area contributed by atoms with E-state index in [-0.39, 0.29) is 11.4 Å². The van der Waals surface area contributed by atoms with E-state index in [1.807, 2.05) is 18.2 Å². The van der Waals surface area contributed by atoms with E-state index in [1.54, 1.807) is 7.11 Å². The van der Waals surface area contributed by atoms with E-state index in [2.05, 4.69) is 13.8 Å². The average molecular weight is 274 g/mol. The van der Waals surface area contributed by atoms with E-state index in [1.165, 1.54) is 0 Å². The van der Waals surface area contributed by atoms with Gasteiger partial charge < -0.3 is 9.47 Å². The van der Waals surface area contributed by atoms with Crippen LogP contribution in [0.2, 0.25) is 0 Å². The lowest BCUT2D eigenvalue weighted by atomic mass is 9.68. The number of rotatable bonds is 1. The van der Waals surface area contributed by atoms with Crippen molar-refractivity contribution < 1.29 is 14.3 Å². The molecule has 1 aliphatic carbocycles. The normalized spacial score (nSPS) is 32.6. The molecular formula is C17H22O3. The van der Waals surface area contributed by atoms with Crippen molar-refractivity contribution in [2.75, 3.05) is 7.11 Å². The van der Waals surface area contributed by atoms with Gasteiger partial charge in [0.05, 0.1) is 19.1 Å². The standard InChI is InChI=1S/C17H22O3/c1-11-6-7-17(12(2)8-11)10-15(18)14-5-4-13(19-3)9-16(14)20-17/h4-5,9,11-12H,6-8,10H2,1-3H3. The van der Waals surface area contributed by atoms with Crippen LogP contribution in [-0.4, -0.2) is 18.5 Å². The molecule has 1 aromatic carbocycles. The molecule has 0 amide bonds. The number of methoxy groups -OCH3 is 1. The van der Waals surface area contributed by atoms with Gasteiger partial charge in [0.2, 0.25) is 0 Å². The largest absolute Gasteiger partial charge is 0.497 e. The van der Waals surface area contributed by atoms with E-state index >= 15 is 0 Å². The molecule has 0 radical (unpaired) electrons. The summed E-state index contributed by atoms with van der Waals surface area (Å²) < 4.78 is 11.6. The van der Waals surface area contributed by atoms with Crippen molar-refractivity contribution in [2.45, 2.75) is 45.1 Å². The maximum atomic E-state index is 12.5. The molecule has 1 aromatic rings. The van der Waals surface area contributed by atoms with Crippen molar-refractivity contribution >= 4 is 5.78 Å². The molecule has 1 aliphatic heterocycles. The lowest BCUT2D eigenvalue weighted by Gasteiger charge is -2.46. The molecule has 1 spiro atoms. The fraction of sp³-hybridized carbons (Fsp3) is 0.588. The molecule has 0 N–H and O–H groups in total. The maximum absolute atomic E-state index is 12.5. The zero-order valence-electron chi connectivity index (χ0n) is 12.4. The molecule has 0 bridgehead atoms. The second-order valence-corrected chi connectivity index (χ2v) is 6.41. The molecule has 3 unspecified atom stereocenters. The third-order valence-corrected chi connectivity index (χ3v) is 4.98. The van der Waals surface area contributed by atoms with Gasteiger partial charge in [-0.2, -0.15) is 0 Å². The zero-order chi connectivity index (χ0) is 14.3. The molecule has 3 nitrogen and oxygen atoms in total. The highest BCUT2D eigenvalue weighted by Gasteiger charge is 2.47. The first-order valence-corrected chi connectivity index (χ1v) is 7.44. The molecule has 1 saturated carbocycles. The Morgan fingerprint density at radius 3 is 2.85 bits per heavy atom. The monoisotopic (exact) mass is 274 g/mol. The SMILES string of the molecule is COc1ccc2c(c1)OC1(CCC(C)CC1C)CC2=O. The summed E-state index contributed by atoms with van der Waals surface area (Å²) in [5.41, 5.74) is 0.394. The highest BCUT2D eigenvalue weighted by molar-refractivity contribution is 6.00. The van der Waals surface area contributed by atoms with Gasteiger partial charge in [-0.25, -0.2) is 0 Å². The van der Waals surface area contributed by atoms with Crippen molar-refractivity contribution in [1.82, 2.24) is 0 Å². The Bertz CT molecular complexity index is 537. The van der Waals surface area contributed by atoms with Gasteiger partial charge in [-0.15, -0.1) is 0 Å². The number of carbonyl (C=O) groups is 1. The van der Waals surface area contributed by atoms with Gasteiger partial charge in [-0.3, -0.25) is 4.79 Å². The van der Waals surface area contributed by atoms with Crippen molar-refractivity contribution in [3.05, 3.63) is 23.8 Å². The Kier molecular flexibility index (Phi) is 3.23. The van der Waals surface area contributed by atoms with Crippen molar-refractivity contribution in [2.24, 2.45) is 11.8 Å². The quantitative estimate of drug-likeness (QED) is 0.780. The van der Waals surface area contributed by atoms with Gasteiger partial charge in [0, 0.05) is 6.07 Å². The number of benzene rings is 1. The van der Waals surface area contributed by atoms with Crippen LogP contribution in [0.5, 0.6) is 11.5 Å². The Labute approximate surface area is 120 Å². The molecule has 108 valence electrons. The van der Waals surface area contributed by atoms with Gasteiger partial charge in [0.15, 0.2) is 5.78 Å². The molecule has 1 heterocycles. The van der Waals surface area contributed by atoms with Crippen LogP contribution in [0.3, 0.4) is 0 Å². The van der Waals surface area contributed by atoms with Crippen molar-refractivity contribution in [3.8, 4) is 11.5 Å². The summed E-state index contributed by atoms with van der Waals surface area (Å²) in [5, 5.41) is 0. The minimum absolute atomic E-state index is 0.204. The molecule has 3 rings (SSSR count). The second-order valence-electron chi connectivity index (χ2n) is 6.41. The highest BCUT2D eigenvalue weighted by atomic mass is 16.5. The number of Topliss-reactive ketones (excluding diaryl/α,β-unsaturated/α-hetero) is 1. The highest BCUT2D eigenvalue weighted by Crippen LogP contribution is 2.46. The summed E-state index contributed by atoms with van der Waals surface area (Å²) in [6.07, 6.45) is 3.75. The van der Waals surface area contributed by atoms with Crippen LogP contribution in [-0.2, 0) is 0 Å².